The van der Waals surface area contributed by atoms with E-state index in [-0.39, 0.29) is 18.0 Å². The second-order valence-electron chi connectivity index (χ2n) is 5.74. The molecule has 0 aliphatic rings. The highest BCUT2D eigenvalue weighted by Crippen LogP contribution is 2.15. The van der Waals surface area contributed by atoms with Gasteiger partial charge in [0.05, 0.1) is 0 Å². The van der Waals surface area contributed by atoms with Crippen LogP contribution < -0.4 is 0 Å². The highest BCUT2D eigenvalue weighted by molar-refractivity contribution is 6.01. The standard InChI is InChI=1S/C15H20O4/c1-14(2,18)12(16)9-10-5-7-11(8-6-10)13(17)15(3,4)19/h5-8,18-19H,9H2,1-4H3. The van der Waals surface area contributed by atoms with Gasteiger partial charge in [-0.05, 0) is 33.3 Å². The van der Waals surface area contributed by atoms with Crippen LogP contribution in [-0.4, -0.2) is 33.0 Å². The quantitative estimate of drug-likeness (QED) is 0.791. The third-order valence-electron chi connectivity index (χ3n) is 2.82. The fourth-order valence-corrected chi connectivity index (χ4v) is 1.53. The molecule has 0 spiro atoms. The fraction of sp³-hybridized carbons (Fsp3) is 0.467. The Morgan fingerprint density at radius 1 is 0.947 bits per heavy atom. The molecule has 0 unspecified atom stereocenters. The molecule has 0 heterocycles. The monoisotopic (exact) mass is 264 g/mol. The van der Waals surface area contributed by atoms with E-state index in [0.717, 1.165) is 5.56 Å². The van der Waals surface area contributed by atoms with Gasteiger partial charge >= 0.3 is 0 Å². The lowest BCUT2D eigenvalue weighted by atomic mass is 9.93. The summed E-state index contributed by atoms with van der Waals surface area (Å²) in [5.74, 6) is -0.651. The van der Waals surface area contributed by atoms with Crippen LogP contribution >= 0.6 is 0 Å². The molecule has 1 rings (SSSR count). The third kappa shape index (κ3) is 4.26. The molecule has 0 aliphatic heterocycles. The van der Waals surface area contributed by atoms with Gasteiger partial charge in [0, 0.05) is 12.0 Å². The van der Waals surface area contributed by atoms with E-state index >= 15 is 0 Å². The van der Waals surface area contributed by atoms with Gasteiger partial charge in [-0.25, -0.2) is 0 Å². The predicted octanol–water partition coefficient (Wildman–Crippen LogP) is 1.52. The van der Waals surface area contributed by atoms with Gasteiger partial charge in [-0.15, -0.1) is 0 Å². The van der Waals surface area contributed by atoms with Crippen LogP contribution in [0.25, 0.3) is 0 Å². The Balaban J connectivity index is 2.84. The summed E-state index contributed by atoms with van der Waals surface area (Å²) in [5, 5.41) is 19.2. The first-order valence-corrected chi connectivity index (χ1v) is 6.13. The molecule has 2 N–H and O–H groups in total. The summed E-state index contributed by atoms with van der Waals surface area (Å²) < 4.78 is 0. The number of aliphatic hydroxyl groups is 2. The van der Waals surface area contributed by atoms with E-state index in [4.69, 9.17) is 0 Å². The summed E-state index contributed by atoms with van der Waals surface area (Å²) in [4.78, 5) is 23.5. The van der Waals surface area contributed by atoms with Crippen molar-refractivity contribution in [2.75, 3.05) is 0 Å². The van der Waals surface area contributed by atoms with Crippen molar-refractivity contribution in [1.29, 1.82) is 0 Å². The molecule has 0 saturated heterocycles. The van der Waals surface area contributed by atoms with Gasteiger partial charge in [-0.3, -0.25) is 9.59 Å². The maximum atomic E-state index is 11.8. The van der Waals surface area contributed by atoms with E-state index < -0.39 is 11.2 Å². The second kappa shape index (κ2) is 5.23. The molecular formula is C15H20O4. The van der Waals surface area contributed by atoms with Crippen LogP contribution in [0.3, 0.4) is 0 Å². The first-order chi connectivity index (χ1) is 8.51. The number of hydrogen-bond donors (Lipinski definition) is 2. The van der Waals surface area contributed by atoms with Crippen molar-refractivity contribution in [2.24, 2.45) is 0 Å². The summed E-state index contributed by atoms with van der Waals surface area (Å²) in [7, 11) is 0. The van der Waals surface area contributed by atoms with Crippen molar-refractivity contribution in [3.05, 3.63) is 35.4 Å². The predicted molar refractivity (Wildman–Crippen MR) is 72.1 cm³/mol. The van der Waals surface area contributed by atoms with Crippen LogP contribution in [0.5, 0.6) is 0 Å². The van der Waals surface area contributed by atoms with Crippen LogP contribution in [0, 0.1) is 0 Å². The van der Waals surface area contributed by atoms with Crippen LogP contribution in [0.15, 0.2) is 24.3 Å². The number of hydrogen-bond acceptors (Lipinski definition) is 4. The Kier molecular flexibility index (Phi) is 4.28. The van der Waals surface area contributed by atoms with Crippen molar-refractivity contribution in [3.8, 4) is 0 Å². The van der Waals surface area contributed by atoms with E-state index in [1.54, 1.807) is 24.3 Å². The number of ketones is 2. The Morgan fingerprint density at radius 3 is 1.79 bits per heavy atom. The normalized spacial score (nSPS) is 12.3. The average molecular weight is 264 g/mol. The van der Waals surface area contributed by atoms with Crippen molar-refractivity contribution in [1.82, 2.24) is 0 Å². The zero-order valence-electron chi connectivity index (χ0n) is 11.7. The van der Waals surface area contributed by atoms with Crippen molar-refractivity contribution < 1.29 is 19.8 Å². The summed E-state index contributed by atoms with van der Waals surface area (Å²) >= 11 is 0. The van der Waals surface area contributed by atoms with Crippen molar-refractivity contribution in [3.63, 3.8) is 0 Å². The molecule has 0 fully saturated rings. The first kappa shape index (κ1) is 15.5. The minimum Gasteiger partial charge on any atom is -0.383 e. The minimum atomic E-state index is -1.41. The number of carbonyl (C=O) groups is 2. The van der Waals surface area contributed by atoms with Gasteiger partial charge in [0.25, 0.3) is 0 Å². The van der Waals surface area contributed by atoms with Gasteiger partial charge < -0.3 is 10.2 Å². The SMILES string of the molecule is CC(C)(O)C(=O)Cc1ccc(C(=O)C(C)(C)O)cc1. The summed E-state index contributed by atoms with van der Waals surface area (Å²) in [6, 6.07) is 6.46. The summed E-state index contributed by atoms with van der Waals surface area (Å²) in [6.45, 7) is 5.76. The zero-order chi connectivity index (χ0) is 14.8. The molecule has 104 valence electrons. The van der Waals surface area contributed by atoms with Gasteiger partial charge in [0.1, 0.15) is 11.2 Å². The highest BCUT2D eigenvalue weighted by atomic mass is 16.3. The van der Waals surface area contributed by atoms with Gasteiger partial charge in [0.2, 0.25) is 0 Å². The molecule has 0 saturated carbocycles. The summed E-state index contributed by atoms with van der Waals surface area (Å²) in [5.41, 5.74) is -1.65. The smallest absolute Gasteiger partial charge is 0.193 e. The zero-order valence-corrected chi connectivity index (χ0v) is 11.7. The Labute approximate surface area is 113 Å². The number of benzene rings is 1. The maximum Gasteiger partial charge on any atom is 0.193 e. The number of rotatable bonds is 5. The van der Waals surface area contributed by atoms with Gasteiger partial charge in [0.15, 0.2) is 11.6 Å². The van der Waals surface area contributed by atoms with E-state index in [1.807, 2.05) is 0 Å². The lowest BCUT2D eigenvalue weighted by Crippen LogP contribution is -2.32. The first-order valence-electron chi connectivity index (χ1n) is 6.13. The largest absolute Gasteiger partial charge is 0.383 e. The highest BCUT2D eigenvalue weighted by Gasteiger charge is 2.26. The lowest BCUT2D eigenvalue weighted by molar-refractivity contribution is -0.133. The van der Waals surface area contributed by atoms with E-state index in [2.05, 4.69) is 0 Å². The lowest BCUT2D eigenvalue weighted by Gasteiger charge is -2.17. The van der Waals surface area contributed by atoms with Crippen molar-refractivity contribution >= 4 is 11.6 Å². The van der Waals surface area contributed by atoms with Gasteiger partial charge in [-0.1, -0.05) is 24.3 Å². The summed E-state index contributed by atoms with van der Waals surface area (Å²) in [6.07, 6.45) is 0.112. The molecule has 4 heteroatoms. The van der Waals surface area contributed by atoms with Crippen LogP contribution in [0.4, 0.5) is 0 Å². The second-order valence-corrected chi connectivity index (χ2v) is 5.74. The molecule has 0 atom stereocenters. The molecule has 0 amide bonds. The van der Waals surface area contributed by atoms with Gasteiger partial charge in [-0.2, -0.15) is 0 Å². The molecule has 0 radical (unpaired) electrons. The Bertz CT molecular complexity index is 472. The molecule has 4 nitrogen and oxygen atoms in total. The molecule has 0 bridgehead atoms. The maximum absolute atomic E-state index is 11.8. The molecule has 0 aromatic heterocycles. The molecule has 1 aromatic rings. The minimum absolute atomic E-state index is 0.112. The molecule has 19 heavy (non-hydrogen) atoms. The molecule has 0 aliphatic carbocycles. The van der Waals surface area contributed by atoms with Crippen LogP contribution in [0.2, 0.25) is 0 Å². The van der Waals surface area contributed by atoms with E-state index in [1.165, 1.54) is 27.7 Å². The average Bonchev–Trinajstić information content (AvgIpc) is 2.26. The third-order valence-corrected chi connectivity index (χ3v) is 2.82. The Hall–Kier alpha value is -1.52. The van der Waals surface area contributed by atoms with E-state index in [9.17, 15) is 19.8 Å². The number of Topliss-reactive ketones (excluding diaryl/α,β-unsaturated/α-hetero) is 2. The Morgan fingerprint density at radius 2 is 1.42 bits per heavy atom. The number of carbonyl (C=O) groups excluding carboxylic acids is 2. The van der Waals surface area contributed by atoms with Crippen LogP contribution in [-0.2, 0) is 11.2 Å². The van der Waals surface area contributed by atoms with Crippen LogP contribution in [0.1, 0.15) is 43.6 Å². The molecular weight excluding hydrogens is 244 g/mol. The fourth-order valence-electron chi connectivity index (χ4n) is 1.53. The van der Waals surface area contributed by atoms with E-state index in [0.29, 0.717) is 5.56 Å². The molecule has 1 aromatic carbocycles. The topological polar surface area (TPSA) is 74.6 Å². The van der Waals surface area contributed by atoms with Crippen molar-refractivity contribution in [2.45, 2.75) is 45.3 Å².